The minimum Gasteiger partial charge on any atom is -0.206 e. The summed E-state index contributed by atoms with van der Waals surface area (Å²) < 4.78 is 14.1. The highest BCUT2D eigenvalue weighted by atomic mass is 32.1. The van der Waals surface area contributed by atoms with Crippen LogP contribution in [0.2, 0.25) is 0 Å². The van der Waals surface area contributed by atoms with E-state index in [0.29, 0.717) is 5.56 Å². The summed E-state index contributed by atoms with van der Waals surface area (Å²) in [5.74, 6) is 6.14. The number of rotatable bonds is 2. The number of aliphatic imine (C=N–C) groups is 1. The second kappa shape index (κ2) is 7.85. The molecule has 0 saturated heterocycles. The molecule has 0 atom stereocenters. The summed E-state index contributed by atoms with van der Waals surface area (Å²) in [5, 5.41) is 2.38. The third-order valence-corrected chi connectivity index (χ3v) is 4.10. The van der Waals surface area contributed by atoms with E-state index in [2.05, 4.69) is 34.2 Å². The molecule has 1 aliphatic carbocycles. The molecule has 2 aromatic rings. The molecular weight excluding hydrogens is 329 g/mol. The van der Waals surface area contributed by atoms with E-state index in [9.17, 15) is 4.39 Å². The molecule has 3 heteroatoms. The lowest BCUT2D eigenvalue weighted by Gasteiger charge is -2.06. The van der Waals surface area contributed by atoms with Crippen molar-refractivity contribution in [3.8, 4) is 23.0 Å². The average Bonchev–Trinajstić information content (AvgIpc) is 2.62. The first-order chi connectivity index (χ1) is 12.2. The van der Waals surface area contributed by atoms with Crippen molar-refractivity contribution in [1.29, 1.82) is 0 Å². The second-order valence-electron chi connectivity index (χ2n) is 5.86. The van der Waals surface area contributed by atoms with Crippen molar-refractivity contribution in [2.45, 2.75) is 19.8 Å². The standard InChI is InChI=1S/C22H16FNS/c1-16-2-13-21(22(23)14-16)19-9-5-17(6-10-19)3-4-18-7-11-20(12-8-18)24-15-25/h2,5-7,9-11,13-14H,8,12H2,1H3. The molecule has 1 aliphatic rings. The van der Waals surface area contributed by atoms with Gasteiger partial charge in [0.05, 0.1) is 10.9 Å². The molecule has 1 nitrogen and oxygen atoms in total. The lowest BCUT2D eigenvalue weighted by Crippen LogP contribution is -1.90. The van der Waals surface area contributed by atoms with Gasteiger partial charge in [0.2, 0.25) is 0 Å². The second-order valence-corrected chi connectivity index (χ2v) is 6.05. The molecule has 0 heterocycles. The first-order valence-corrected chi connectivity index (χ1v) is 8.43. The van der Waals surface area contributed by atoms with Gasteiger partial charge in [-0.2, -0.15) is 4.99 Å². The van der Waals surface area contributed by atoms with E-state index < -0.39 is 0 Å². The van der Waals surface area contributed by atoms with Crippen LogP contribution in [0, 0.1) is 24.6 Å². The summed E-state index contributed by atoms with van der Waals surface area (Å²) in [4.78, 5) is 3.99. The number of aryl methyl sites for hydroxylation is 1. The fourth-order valence-corrected chi connectivity index (χ4v) is 2.74. The Hall–Kier alpha value is -2.79. The monoisotopic (exact) mass is 345 g/mol. The average molecular weight is 345 g/mol. The SMILES string of the molecule is Cc1ccc(-c2ccc(C#CC3=CC=C(N=C=S)CC3)cc2)c(F)c1. The molecule has 3 rings (SSSR count). The van der Waals surface area contributed by atoms with E-state index in [1.54, 1.807) is 6.07 Å². The summed E-state index contributed by atoms with van der Waals surface area (Å²) in [6.45, 7) is 1.88. The summed E-state index contributed by atoms with van der Waals surface area (Å²) in [6, 6.07) is 12.9. The zero-order valence-corrected chi connectivity index (χ0v) is 14.7. The predicted molar refractivity (Wildman–Crippen MR) is 104 cm³/mol. The molecule has 0 spiro atoms. The number of thiocarbonyl (C=S) groups is 1. The normalized spacial score (nSPS) is 13.0. The van der Waals surface area contributed by atoms with Gasteiger partial charge < -0.3 is 0 Å². The van der Waals surface area contributed by atoms with Crippen LogP contribution in [0.5, 0.6) is 0 Å². The third kappa shape index (κ3) is 4.39. The van der Waals surface area contributed by atoms with Crippen LogP contribution in [0.3, 0.4) is 0 Å². The van der Waals surface area contributed by atoms with Crippen LogP contribution < -0.4 is 0 Å². The molecule has 2 aromatic carbocycles. The van der Waals surface area contributed by atoms with Gasteiger partial charge in [-0.15, -0.1) is 0 Å². The van der Waals surface area contributed by atoms with Crippen molar-refractivity contribution in [2.24, 2.45) is 4.99 Å². The molecule has 0 bridgehead atoms. The van der Waals surface area contributed by atoms with Crippen LogP contribution in [0.4, 0.5) is 4.39 Å². The van der Waals surface area contributed by atoms with Gasteiger partial charge in [0.1, 0.15) is 5.82 Å². The van der Waals surface area contributed by atoms with Gasteiger partial charge in [0, 0.05) is 16.7 Å². The summed E-state index contributed by atoms with van der Waals surface area (Å²) in [6.07, 6.45) is 5.58. The molecule has 0 fully saturated rings. The number of isothiocyanates is 1. The first kappa shape index (κ1) is 17.0. The van der Waals surface area contributed by atoms with Crippen LogP contribution in [0.1, 0.15) is 24.0 Å². The predicted octanol–water partition coefficient (Wildman–Crippen LogP) is 5.86. The Balaban J connectivity index is 1.77. The van der Waals surface area contributed by atoms with Crippen LogP contribution in [-0.4, -0.2) is 5.16 Å². The maximum Gasteiger partial charge on any atom is 0.131 e. The van der Waals surface area contributed by atoms with Gasteiger partial charge in [-0.25, -0.2) is 4.39 Å². The largest absolute Gasteiger partial charge is 0.206 e. The molecule has 0 aliphatic heterocycles. The zero-order chi connectivity index (χ0) is 17.6. The zero-order valence-electron chi connectivity index (χ0n) is 13.8. The van der Waals surface area contributed by atoms with Gasteiger partial charge in [0.15, 0.2) is 0 Å². The van der Waals surface area contributed by atoms with E-state index in [0.717, 1.165) is 40.8 Å². The Bertz CT molecular complexity index is 965. The Kier molecular flexibility index (Phi) is 5.36. The number of hydrogen-bond acceptors (Lipinski definition) is 2. The van der Waals surface area contributed by atoms with Gasteiger partial charge in [-0.3, -0.25) is 0 Å². The first-order valence-electron chi connectivity index (χ1n) is 8.02. The van der Waals surface area contributed by atoms with Crippen molar-refractivity contribution in [1.82, 2.24) is 0 Å². The molecule has 25 heavy (non-hydrogen) atoms. The van der Waals surface area contributed by atoms with Gasteiger partial charge >= 0.3 is 0 Å². The fourth-order valence-electron chi connectivity index (χ4n) is 2.62. The van der Waals surface area contributed by atoms with E-state index in [1.165, 1.54) is 0 Å². The Morgan fingerprint density at radius 2 is 1.80 bits per heavy atom. The highest BCUT2D eigenvalue weighted by Gasteiger charge is 2.05. The molecule has 122 valence electrons. The number of nitrogens with zero attached hydrogens (tertiary/aromatic N) is 1. The molecule has 0 N–H and O–H groups in total. The van der Waals surface area contributed by atoms with E-state index in [1.807, 2.05) is 55.5 Å². The number of allylic oxidation sites excluding steroid dienone is 4. The number of benzene rings is 2. The quantitative estimate of drug-likeness (QED) is 0.377. The maximum atomic E-state index is 14.1. The Morgan fingerprint density at radius 1 is 1.00 bits per heavy atom. The summed E-state index contributed by atoms with van der Waals surface area (Å²) in [7, 11) is 0. The lowest BCUT2D eigenvalue weighted by atomic mass is 10.0. The number of hydrogen-bond donors (Lipinski definition) is 0. The van der Waals surface area contributed by atoms with Gasteiger partial charge in [-0.05, 0) is 73.5 Å². The van der Waals surface area contributed by atoms with Gasteiger partial charge in [0.25, 0.3) is 0 Å². The topological polar surface area (TPSA) is 12.4 Å². The lowest BCUT2D eigenvalue weighted by molar-refractivity contribution is 0.630. The van der Waals surface area contributed by atoms with Crippen LogP contribution >= 0.6 is 12.2 Å². The molecule has 0 unspecified atom stereocenters. The molecular formula is C22H16FNS. The fraction of sp³-hybridized carbons (Fsp3) is 0.136. The van der Waals surface area contributed by atoms with E-state index >= 15 is 0 Å². The Labute approximate surface area is 152 Å². The maximum absolute atomic E-state index is 14.1. The van der Waals surface area contributed by atoms with E-state index in [-0.39, 0.29) is 5.82 Å². The molecule has 0 aromatic heterocycles. The minimum absolute atomic E-state index is 0.201. The van der Waals surface area contributed by atoms with Crippen LogP contribution in [-0.2, 0) is 0 Å². The van der Waals surface area contributed by atoms with Crippen LogP contribution in [0.15, 0.2) is 70.9 Å². The Morgan fingerprint density at radius 3 is 2.44 bits per heavy atom. The van der Waals surface area contributed by atoms with Crippen molar-refractivity contribution >= 4 is 17.4 Å². The van der Waals surface area contributed by atoms with E-state index in [4.69, 9.17) is 0 Å². The molecule has 0 radical (unpaired) electrons. The van der Waals surface area contributed by atoms with Crippen molar-refractivity contribution < 1.29 is 4.39 Å². The van der Waals surface area contributed by atoms with Gasteiger partial charge in [-0.1, -0.05) is 36.1 Å². The molecule has 0 saturated carbocycles. The summed E-state index contributed by atoms with van der Waals surface area (Å²) >= 11 is 4.61. The highest BCUT2D eigenvalue weighted by Crippen LogP contribution is 2.24. The number of halogens is 1. The summed E-state index contributed by atoms with van der Waals surface area (Å²) in [5.41, 5.74) is 5.28. The van der Waals surface area contributed by atoms with Crippen molar-refractivity contribution in [2.75, 3.05) is 0 Å². The molecule has 0 amide bonds. The van der Waals surface area contributed by atoms with Crippen molar-refractivity contribution in [3.05, 3.63) is 82.8 Å². The highest BCUT2D eigenvalue weighted by molar-refractivity contribution is 7.78. The third-order valence-electron chi connectivity index (χ3n) is 4.00. The minimum atomic E-state index is -0.201. The van der Waals surface area contributed by atoms with Crippen LogP contribution in [0.25, 0.3) is 11.1 Å². The smallest absolute Gasteiger partial charge is 0.131 e. The van der Waals surface area contributed by atoms with Crippen molar-refractivity contribution in [3.63, 3.8) is 0 Å².